The number of sulfonamides is 1. The van der Waals surface area contributed by atoms with Gasteiger partial charge in [-0.1, -0.05) is 0 Å². The van der Waals surface area contributed by atoms with Gasteiger partial charge in [-0.15, -0.1) is 0 Å². The maximum Gasteiger partial charge on any atom is 0.245 e. The molecule has 0 bridgehead atoms. The fourth-order valence-corrected chi connectivity index (χ4v) is 1.34. The maximum absolute atomic E-state index is 13.0. The van der Waals surface area contributed by atoms with Crippen molar-refractivity contribution in [1.82, 2.24) is 0 Å². The molecule has 0 fully saturated rings. The summed E-state index contributed by atoms with van der Waals surface area (Å²) in [6.07, 6.45) is 0.815. The maximum atomic E-state index is 13.0. The molecular formula is C7H8F2N2O2S. The fourth-order valence-electron chi connectivity index (χ4n) is 0.839. The van der Waals surface area contributed by atoms with Crippen molar-refractivity contribution in [1.29, 1.82) is 0 Å². The van der Waals surface area contributed by atoms with E-state index in [1.54, 1.807) is 0 Å². The number of hydrazine groups is 1. The number of hydrogen-bond acceptors (Lipinski definition) is 3. The third-order valence-electron chi connectivity index (χ3n) is 1.50. The molecule has 0 amide bonds. The largest absolute Gasteiger partial charge is 0.245 e. The highest BCUT2D eigenvalue weighted by atomic mass is 32.2. The molecule has 2 N–H and O–H groups in total. The molecule has 4 nitrogen and oxygen atoms in total. The number of nitrogens with two attached hydrogens (primary N) is 1. The zero-order valence-electron chi connectivity index (χ0n) is 7.24. The summed E-state index contributed by atoms with van der Waals surface area (Å²) in [5, 5.41) is 0. The molecule has 0 heterocycles. The van der Waals surface area contributed by atoms with E-state index < -0.39 is 27.3 Å². The van der Waals surface area contributed by atoms with E-state index in [1.807, 2.05) is 0 Å². The highest BCUT2D eigenvalue weighted by Gasteiger charge is 2.17. The zero-order valence-corrected chi connectivity index (χ0v) is 8.05. The molecule has 0 aliphatic heterocycles. The summed E-state index contributed by atoms with van der Waals surface area (Å²) in [5.74, 6) is 3.28. The minimum atomic E-state index is -3.74. The normalized spacial score (nSPS) is 11.4. The topological polar surface area (TPSA) is 63.4 Å². The highest BCUT2D eigenvalue weighted by molar-refractivity contribution is 7.92. The van der Waals surface area contributed by atoms with Gasteiger partial charge in [0, 0.05) is 6.07 Å². The van der Waals surface area contributed by atoms with Gasteiger partial charge in [-0.3, -0.25) is 0 Å². The van der Waals surface area contributed by atoms with Gasteiger partial charge in [0.15, 0.2) is 5.82 Å². The highest BCUT2D eigenvalue weighted by Crippen LogP contribution is 2.19. The minimum Gasteiger partial charge on any atom is -0.233 e. The molecule has 0 spiro atoms. The molecule has 1 aromatic carbocycles. The molecule has 0 unspecified atom stereocenters. The summed E-state index contributed by atoms with van der Waals surface area (Å²) < 4.78 is 47.5. The van der Waals surface area contributed by atoms with Crippen LogP contribution in [0.1, 0.15) is 0 Å². The van der Waals surface area contributed by atoms with Crippen molar-refractivity contribution >= 4 is 15.7 Å². The van der Waals surface area contributed by atoms with E-state index in [0.29, 0.717) is 6.07 Å². The van der Waals surface area contributed by atoms with Crippen molar-refractivity contribution < 1.29 is 17.2 Å². The van der Waals surface area contributed by atoms with Crippen molar-refractivity contribution in [2.45, 2.75) is 0 Å². The van der Waals surface area contributed by atoms with E-state index in [0.717, 1.165) is 18.4 Å². The van der Waals surface area contributed by atoms with Crippen molar-refractivity contribution in [3.63, 3.8) is 0 Å². The minimum absolute atomic E-state index is 0.252. The lowest BCUT2D eigenvalue weighted by Gasteiger charge is -2.16. The van der Waals surface area contributed by atoms with Gasteiger partial charge in [0.2, 0.25) is 10.0 Å². The molecule has 78 valence electrons. The summed E-state index contributed by atoms with van der Waals surface area (Å²) >= 11 is 0. The first kappa shape index (κ1) is 10.9. The van der Waals surface area contributed by atoms with E-state index in [1.165, 1.54) is 0 Å². The smallest absolute Gasteiger partial charge is 0.233 e. The van der Waals surface area contributed by atoms with Crippen LogP contribution in [0.2, 0.25) is 0 Å². The van der Waals surface area contributed by atoms with Crippen molar-refractivity contribution in [3.8, 4) is 0 Å². The van der Waals surface area contributed by atoms with Gasteiger partial charge < -0.3 is 0 Å². The Bertz CT molecular complexity index is 447. The van der Waals surface area contributed by atoms with Gasteiger partial charge in [0.1, 0.15) is 11.5 Å². The summed E-state index contributed by atoms with van der Waals surface area (Å²) in [4.78, 5) is 0. The van der Waals surface area contributed by atoms with E-state index in [9.17, 15) is 17.2 Å². The van der Waals surface area contributed by atoms with Crippen LogP contribution in [0.5, 0.6) is 0 Å². The molecule has 1 aromatic rings. The summed E-state index contributed by atoms with van der Waals surface area (Å²) in [6, 6.07) is 2.43. The lowest BCUT2D eigenvalue weighted by atomic mass is 10.3. The monoisotopic (exact) mass is 222 g/mol. The van der Waals surface area contributed by atoms with Crippen LogP contribution >= 0.6 is 0 Å². The standard InChI is InChI=1S/C7H8F2N2O2S/c1-14(12,13)11(10)7-3-2-5(8)4-6(7)9/h2-4H,10H2,1H3. The first-order chi connectivity index (χ1) is 6.32. The van der Waals surface area contributed by atoms with Gasteiger partial charge in [0.05, 0.1) is 6.26 Å². The zero-order chi connectivity index (χ0) is 10.9. The summed E-state index contributed by atoms with van der Waals surface area (Å²) in [5.41, 5.74) is -0.395. The van der Waals surface area contributed by atoms with Crippen LogP contribution in [-0.2, 0) is 10.0 Å². The Hall–Kier alpha value is -1.21. The fraction of sp³-hybridized carbons (Fsp3) is 0.143. The first-order valence-corrected chi connectivity index (χ1v) is 5.37. The van der Waals surface area contributed by atoms with Crippen molar-refractivity contribution in [2.24, 2.45) is 5.84 Å². The van der Waals surface area contributed by atoms with E-state index in [4.69, 9.17) is 5.84 Å². The average molecular weight is 222 g/mol. The second-order valence-electron chi connectivity index (χ2n) is 2.65. The Morgan fingerprint density at radius 2 is 1.93 bits per heavy atom. The van der Waals surface area contributed by atoms with E-state index in [-0.39, 0.29) is 4.41 Å². The molecule has 14 heavy (non-hydrogen) atoms. The Morgan fingerprint density at radius 3 is 2.36 bits per heavy atom. The lowest BCUT2D eigenvalue weighted by Crippen LogP contribution is -2.37. The second kappa shape index (κ2) is 3.50. The molecule has 0 aliphatic rings. The number of benzene rings is 1. The van der Waals surface area contributed by atoms with E-state index >= 15 is 0 Å². The third kappa shape index (κ3) is 2.18. The third-order valence-corrected chi connectivity index (χ3v) is 2.42. The Balaban J connectivity index is 3.21. The van der Waals surface area contributed by atoms with Gasteiger partial charge in [0.25, 0.3) is 0 Å². The van der Waals surface area contributed by atoms with Crippen LogP contribution in [-0.4, -0.2) is 14.7 Å². The van der Waals surface area contributed by atoms with Gasteiger partial charge >= 0.3 is 0 Å². The SMILES string of the molecule is CS(=O)(=O)N(N)c1ccc(F)cc1F. The molecule has 1 rings (SSSR count). The first-order valence-electron chi connectivity index (χ1n) is 3.52. The molecule has 0 atom stereocenters. The van der Waals surface area contributed by atoms with Gasteiger partial charge in [-0.25, -0.2) is 27.5 Å². The van der Waals surface area contributed by atoms with Crippen LogP contribution in [0.15, 0.2) is 18.2 Å². The predicted molar refractivity (Wildman–Crippen MR) is 47.9 cm³/mol. The predicted octanol–water partition coefficient (Wildman–Crippen LogP) is 0.604. The number of rotatable bonds is 2. The van der Waals surface area contributed by atoms with Crippen LogP contribution in [0.3, 0.4) is 0 Å². The Morgan fingerprint density at radius 1 is 1.36 bits per heavy atom. The number of anilines is 1. The molecular weight excluding hydrogens is 214 g/mol. The average Bonchev–Trinajstić information content (AvgIpc) is 2.01. The van der Waals surface area contributed by atoms with Gasteiger partial charge in [-0.2, -0.15) is 0 Å². The van der Waals surface area contributed by atoms with E-state index in [2.05, 4.69) is 0 Å². The Kier molecular flexibility index (Phi) is 2.72. The summed E-state index contributed by atoms with van der Waals surface area (Å²) in [6.45, 7) is 0. The van der Waals surface area contributed by atoms with Crippen LogP contribution < -0.4 is 10.3 Å². The molecule has 0 aliphatic carbocycles. The summed E-state index contributed by atoms with van der Waals surface area (Å²) in [7, 11) is -3.74. The number of hydrogen-bond donors (Lipinski definition) is 1. The van der Waals surface area contributed by atoms with Gasteiger partial charge in [-0.05, 0) is 12.1 Å². The molecule has 0 radical (unpaired) electrons. The van der Waals surface area contributed by atoms with Crippen molar-refractivity contribution in [2.75, 3.05) is 10.7 Å². The number of halogens is 2. The Labute approximate surface area is 80.0 Å². The second-order valence-corrected chi connectivity index (χ2v) is 4.51. The van der Waals surface area contributed by atoms with Crippen molar-refractivity contribution in [3.05, 3.63) is 29.8 Å². The van der Waals surface area contributed by atoms with Crippen LogP contribution in [0.25, 0.3) is 0 Å². The number of nitrogens with zero attached hydrogens (tertiary/aromatic N) is 1. The molecule has 7 heteroatoms. The lowest BCUT2D eigenvalue weighted by molar-refractivity contribution is 0.576. The quantitative estimate of drug-likeness (QED) is 0.589. The van der Waals surface area contributed by atoms with Crippen LogP contribution in [0.4, 0.5) is 14.5 Å². The molecule has 0 saturated heterocycles. The van der Waals surface area contributed by atoms with Crippen LogP contribution in [0, 0.1) is 11.6 Å². The molecule has 0 saturated carbocycles. The molecule has 0 aromatic heterocycles.